The van der Waals surface area contributed by atoms with Gasteiger partial charge < -0.3 is 10.2 Å². The maximum Gasteiger partial charge on any atom is 0.295 e. The summed E-state index contributed by atoms with van der Waals surface area (Å²) in [5.41, 5.74) is 2.54. The Bertz CT molecular complexity index is 1130. The molecule has 0 aliphatic heterocycles. The average molecular weight is 459 g/mol. The number of hydrogen-bond donors (Lipinski definition) is 1. The number of anilines is 1. The van der Waals surface area contributed by atoms with E-state index in [1.807, 2.05) is 48.7 Å². The van der Waals surface area contributed by atoms with Crippen molar-refractivity contribution in [1.29, 1.82) is 0 Å². The minimum absolute atomic E-state index is 0.0343. The van der Waals surface area contributed by atoms with Crippen LogP contribution in [0, 0.1) is 13.8 Å². The molecule has 7 nitrogen and oxygen atoms in total. The number of benzene rings is 1. The standard InChI is InChI=1S/C22H26N4O3S2/c1-15-10-11-31-18(15)12-24(3)20(28)14-30-13-19(27)23-21-16(2)25(4)26(22(21)29)17-8-6-5-7-9-17/h5-11H,12-14H2,1-4H3,(H,23,27). The predicted molar refractivity (Wildman–Crippen MR) is 127 cm³/mol. The van der Waals surface area contributed by atoms with Crippen molar-refractivity contribution in [3.63, 3.8) is 0 Å². The number of carbonyl (C=O) groups excluding carboxylic acids is 2. The maximum absolute atomic E-state index is 12.9. The molecule has 3 aromatic rings. The fourth-order valence-corrected chi connectivity index (χ4v) is 4.81. The van der Waals surface area contributed by atoms with Gasteiger partial charge in [0.05, 0.1) is 29.4 Å². The second-order valence-electron chi connectivity index (χ2n) is 7.25. The van der Waals surface area contributed by atoms with Gasteiger partial charge in [0, 0.05) is 19.0 Å². The fraction of sp³-hybridized carbons (Fsp3) is 0.318. The van der Waals surface area contributed by atoms with E-state index in [9.17, 15) is 14.4 Å². The van der Waals surface area contributed by atoms with Gasteiger partial charge in [-0.25, -0.2) is 4.68 Å². The summed E-state index contributed by atoms with van der Waals surface area (Å²) in [6.07, 6.45) is 0. The topological polar surface area (TPSA) is 76.3 Å². The molecule has 1 N–H and O–H groups in total. The number of hydrogen-bond acceptors (Lipinski definition) is 5. The third-order valence-corrected chi connectivity index (χ3v) is 6.98. The van der Waals surface area contributed by atoms with Crippen molar-refractivity contribution in [2.24, 2.45) is 7.05 Å². The zero-order valence-corrected chi connectivity index (χ0v) is 19.7. The first-order valence-corrected chi connectivity index (χ1v) is 11.8. The molecular formula is C22H26N4O3S2. The van der Waals surface area contributed by atoms with Gasteiger partial charge in [-0.15, -0.1) is 23.1 Å². The molecule has 0 aliphatic rings. The molecule has 0 saturated heterocycles. The molecule has 0 atom stereocenters. The highest BCUT2D eigenvalue weighted by Crippen LogP contribution is 2.18. The number of para-hydroxylation sites is 1. The van der Waals surface area contributed by atoms with Crippen molar-refractivity contribution >= 4 is 40.6 Å². The highest BCUT2D eigenvalue weighted by atomic mass is 32.2. The van der Waals surface area contributed by atoms with Crippen molar-refractivity contribution in [2.75, 3.05) is 23.9 Å². The number of thioether (sulfide) groups is 1. The van der Waals surface area contributed by atoms with Gasteiger partial charge in [-0.2, -0.15) is 0 Å². The van der Waals surface area contributed by atoms with E-state index in [2.05, 4.69) is 5.32 Å². The van der Waals surface area contributed by atoms with Gasteiger partial charge in [0.2, 0.25) is 11.8 Å². The van der Waals surface area contributed by atoms with Crippen LogP contribution in [0.3, 0.4) is 0 Å². The molecule has 2 amide bonds. The number of nitrogens with zero attached hydrogens (tertiary/aromatic N) is 3. The SMILES string of the molecule is Cc1ccsc1CN(C)C(=O)CSCC(=O)Nc1c(C)n(C)n(-c2ccccc2)c1=O. The number of thiophene rings is 1. The molecular weight excluding hydrogens is 432 g/mol. The maximum atomic E-state index is 12.9. The first-order valence-electron chi connectivity index (χ1n) is 9.78. The molecule has 2 heterocycles. The van der Waals surface area contributed by atoms with Crippen LogP contribution >= 0.6 is 23.1 Å². The summed E-state index contributed by atoms with van der Waals surface area (Å²) < 4.78 is 3.23. The van der Waals surface area contributed by atoms with Gasteiger partial charge in [-0.05, 0) is 43.0 Å². The summed E-state index contributed by atoms with van der Waals surface area (Å²) in [4.78, 5) is 40.5. The lowest BCUT2D eigenvalue weighted by Gasteiger charge is -2.16. The molecule has 164 valence electrons. The highest BCUT2D eigenvalue weighted by molar-refractivity contribution is 8.00. The van der Waals surface area contributed by atoms with E-state index < -0.39 is 0 Å². The molecule has 0 aliphatic carbocycles. The minimum Gasteiger partial charge on any atom is -0.340 e. The van der Waals surface area contributed by atoms with Gasteiger partial charge in [0.1, 0.15) is 5.69 Å². The highest BCUT2D eigenvalue weighted by Gasteiger charge is 2.18. The largest absolute Gasteiger partial charge is 0.340 e. The Labute approximate surface area is 189 Å². The Morgan fingerprint density at radius 1 is 1.13 bits per heavy atom. The third kappa shape index (κ3) is 5.29. The second-order valence-corrected chi connectivity index (χ2v) is 9.24. The van der Waals surface area contributed by atoms with Crippen LogP contribution in [0.2, 0.25) is 0 Å². The summed E-state index contributed by atoms with van der Waals surface area (Å²) in [6.45, 7) is 4.38. The monoisotopic (exact) mass is 458 g/mol. The number of rotatable bonds is 8. The molecule has 9 heteroatoms. The van der Waals surface area contributed by atoms with E-state index in [-0.39, 0.29) is 34.6 Å². The smallest absolute Gasteiger partial charge is 0.295 e. The molecule has 0 fully saturated rings. The number of aromatic nitrogens is 2. The normalized spacial score (nSPS) is 10.8. The van der Waals surface area contributed by atoms with Crippen LogP contribution in [0.5, 0.6) is 0 Å². The number of carbonyl (C=O) groups is 2. The van der Waals surface area contributed by atoms with Crippen molar-refractivity contribution in [2.45, 2.75) is 20.4 Å². The predicted octanol–water partition coefficient (Wildman–Crippen LogP) is 3.18. The molecule has 31 heavy (non-hydrogen) atoms. The van der Waals surface area contributed by atoms with E-state index in [0.717, 1.165) is 10.6 Å². The summed E-state index contributed by atoms with van der Waals surface area (Å²) in [5, 5.41) is 4.73. The van der Waals surface area contributed by atoms with E-state index in [1.54, 1.807) is 41.9 Å². The zero-order chi connectivity index (χ0) is 22.5. The van der Waals surface area contributed by atoms with Gasteiger partial charge in [0.25, 0.3) is 5.56 Å². The summed E-state index contributed by atoms with van der Waals surface area (Å²) in [7, 11) is 3.54. The third-order valence-electron chi connectivity index (χ3n) is 5.05. The summed E-state index contributed by atoms with van der Waals surface area (Å²) in [6, 6.07) is 11.3. The van der Waals surface area contributed by atoms with E-state index >= 15 is 0 Å². The van der Waals surface area contributed by atoms with E-state index in [1.165, 1.54) is 22.0 Å². The number of amides is 2. The lowest BCUT2D eigenvalue weighted by Crippen LogP contribution is -2.28. The molecule has 1 aromatic carbocycles. The Kier molecular flexibility index (Phi) is 7.40. The average Bonchev–Trinajstić information content (AvgIpc) is 3.24. The lowest BCUT2D eigenvalue weighted by atomic mass is 10.3. The number of nitrogens with one attached hydrogen (secondary N) is 1. The quantitative estimate of drug-likeness (QED) is 0.563. The van der Waals surface area contributed by atoms with Gasteiger partial charge in [-0.3, -0.25) is 19.1 Å². The van der Waals surface area contributed by atoms with Crippen LogP contribution in [-0.2, 0) is 23.2 Å². The minimum atomic E-state index is -0.305. The van der Waals surface area contributed by atoms with Crippen LogP contribution in [-0.4, -0.2) is 44.6 Å². The van der Waals surface area contributed by atoms with Crippen molar-refractivity contribution in [1.82, 2.24) is 14.3 Å². The molecule has 3 rings (SSSR count). The van der Waals surface area contributed by atoms with Crippen molar-refractivity contribution in [3.8, 4) is 5.69 Å². The van der Waals surface area contributed by atoms with Gasteiger partial charge >= 0.3 is 0 Å². The van der Waals surface area contributed by atoms with Gasteiger partial charge in [0.15, 0.2) is 0 Å². The Morgan fingerprint density at radius 2 is 1.84 bits per heavy atom. The molecule has 0 saturated carbocycles. The molecule has 0 bridgehead atoms. The van der Waals surface area contributed by atoms with Crippen LogP contribution in [0.4, 0.5) is 5.69 Å². The first-order chi connectivity index (χ1) is 14.8. The van der Waals surface area contributed by atoms with Crippen molar-refractivity contribution in [3.05, 3.63) is 68.3 Å². The zero-order valence-electron chi connectivity index (χ0n) is 18.0. The van der Waals surface area contributed by atoms with Crippen LogP contribution in [0.25, 0.3) is 5.69 Å². The number of aryl methyl sites for hydroxylation is 1. The summed E-state index contributed by atoms with van der Waals surface area (Å²) in [5.74, 6) is -0.0407. The Balaban J connectivity index is 1.56. The fourth-order valence-electron chi connectivity index (χ4n) is 3.10. The Morgan fingerprint density at radius 3 is 2.48 bits per heavy atom. The van der Waals surface area contributed by atoms with Crippen LogP contribution in [0.15, 0.2) is 46.6 Å². The van der Waals surface area contributed by atoms with E-state index in [0.29, 0.717) is 12.2 Å². The Hall–Kier alpha value is -2.78. The molecule has 0 spiro atoms. The van der Waals surface area contributed by atoms with Crippen molar-refractivity contribution < 1.29 is 9.59 Å². The first kappa shape index (κ1) is 22.9. The molecule has 0 radical (unpaired) electrons. The second kappa shape index (κ2) is 10.0. The van der Waals surface area contributed by atoms with Crippen LogP contribution < -0.4 is 10.9 Å². The van der Waals surface area contributed by atoms with Gasteiger partial charge in [-0.1, -0.05) is 18.2 Å². The van der Waals surface area contributed by atoms with Crippen LogP contribution in [0.1, 0.15) is 16.1 Å². The lowest BCUT2D eigenvalue weighted by molar-refractivity contribution is -0.127. The van der Waals surface area contributed by atoms with E-state index in [4.69, 9.17) is 0 Å². The molecule has 2 aromatic heterocycles. The summed E-state index contributed by atoms with van der Waals surface area (Å²) >= 11 is 2.87. The molecule has 0 unspecified atom stereocenters.